The summed E-state index contributed by atoms with van der Waals surface area (Å²) < 4.78 is 0. The fraction of sp³-hybridized carbons (Fsp3) is 0.441. The van der Waals surface area contributed by atoms with Crippen molar-refractivity contribution >= 4 is 17.5 Å². The molecule has 0 radical (unpaired) electrons. The van der Waals surface area contributed by atoms with Crippen LogP contribution in [0.15, 0.2) is 77.2 Å². The molecule has 2 fully saturated rings. The maximum absolute atomic E-state index is 13.3. The van der Waals surface area contributed by atoms with Gasteiger partial charge in [0.05, 0.1) is 0 Å². The predicted molar refractivity (Wildman–Crippen MR) is 151 cm³/mol. The van der Waals surface area contributed by atoms with Gasteiger partial charge in [-0.25, -0.2) is 0 Å². The molecule has 184 valence electrons. The normalized spacial score (nSPS) is 34.6. The molecule has 0 aliphatic heterocycles. The van der Waals surface area contributed by atoms with Crippen LogP contribution in [0, 0.1) is 46.8 Å². The standard InChI is InChI=1S/C34H36OS/c1-4-5-26-13-17-32-29-16-12-25-20-33(35)31(21-30(25)28(29)18-19-34(26,32)2)24-8-6-22(7-9-24)23-10-14-27(36-3)15-11-23/h6-12,14-16,20,26,28-32H,13,17-19,21H2,1-3H3/t26-,28+,29-,30+,31?,32+,34-/m1/s1. The zero-order valence-corrected chi connectivity index (χ0v) is 22.5. The molecule has 4 aliphatic carbocycles. The summed E-state index contributed by atoms with van der Waals surface area (Å²) in [6.07, 6.45) is 14.9. The number of thioether (sulfide) groups is 1. The summed E-state index contributed by atoms with van der Waals surface area (Å²) >= 11 is 1.76. The Hall–Kier alpha value is -2.50. The van der Waals surface area contributed by atoms with Crippen molar-refractivity contribution < 1.29 is 4.79 Å². The molecule has 1 unspecified atom stereocenters. The zero-order valence-electron chi connectivity index (χ0n) is 21.7. The van der Waals surface area contributed by atoms with Gasteiger partial charge in [0.1, 0.15) is 0 Å². The third-order valence-electron chi connectivity index (χ3n) is 10.0. The van der Waals surface area contributed by atoms with Crippen LogP contribution in [0.5, 0.6) is 0 Å². The number of hydrogen-bond acceptors (Lipinski definition) is 2. The minimum absolute atomic E-state index is 0.0191. The van der Waals surface area contributed by atoms with Gasteiger partial charge in [-0.1, -0.05) is 61.4 Å². The Balaban J connectivity index is 1.24. The molecule has 2 saturated carbocycles. The van der Waals surface area contributed by atoms with E-state index in [0.717, 1.165) is 12.3 Å². The van der Waals surface area contributed by atoms with Gasteiger partial charge < -0.3 is 0 Å². The maximum atomic E-state index is 13.3. The molecule has 0 spiro atoms. The average Bonchev–Trinajstić information content (AvgIpc) is 3.24. The topological polar surface area (TPSA) is 17.1 Å². The molecular weight excluding hydrogens is 456 g/mol. The summed E-state index contributed by atoms with van der Waals surface area (Å²) in [6, 6.07) is 17.5. The van der Waals surface area contributed by atoms with Gasteiger partial charge in [-0.15, -0.1) is 17.7 Å². The highest BCUT2D eigenvalue weighted by atomic mass is 32.2. The van der Waals surface area contributed by atoms with Crippen LogP contribution in [0.3, 0.4) is 0 Å². The first-order valence-corrected chi connectivity index (χ1v) is 14.8. The quantitative estimate of drug-likeness (QED) is 0.316. The smallest absolute Gasteiger partial charge is 0.163 e. The summed E-state index contributed by atoms with van der Waals surface area (Å²) in [7, 11) is 0. The van der Waals surface area contributed by atoms with Gasteiger partial charge in [0.25, 0.3) is 0 Å². The molecule has 0 saturated heterocycles. The number of carbonyl (C=O) groups is 1. The third kappa shape index (κ3) is 3.92. The first kappa shape index (κ1) is 23.9. The van der Waals surface area contributed by atoms with E-state index in [1.54, 1.807) is 11.8 Å². The van der Waals surface area contributed by atoms with E-state index in [-0.39, 0.29) is 11.7 Å². The highest BCUT2D eigenvalue weighted by Crippen LogP contribution is 2.62. The summed E-state index contributed by atoms with van der Waals surface area (Å²) in [4.78, 5) is 14.5. The Morgan fingerprint density at radius 1 is 0.972 bits per heavy atom. The van der Waals surface area contributed by atoms with Crippen molar-refractivity contribution in [2.24, 2.45) is 35.0 Å². The van der Waals surface area contributed by atoms with E-state index < -0.39 is 0 Å². The van der Waals surface area contributed by atoms with Crippen LogP contribution in [0.2, 0.25) is 0 Å². The number of carbonyl (C=O) groups excluding carboxylic acids is 1. The second-order valence-electron chi connectivity index (χ2n) is 11.6. The lowest BCUT2D eigenvalue weighted by atomic mass is 9.52. The SMILES string of the molecule is CC#C[C@@H]1CC[C@H]2[C@@H]3C=CC4=CC(=O)C(c5ccc(-c6ccc(SC)cc6)cc5)C[C@@H]4[C@H]3CC[C@]12C. The molecule has 0 N–H and O–H groups in total. The van der Waals surface area contributed by atoms with E-state index in [2.05, 4.69) is 85.7 Å². The molecular formula is C34H36OS. The molecule has 7 atom stereocenters. The third-order valence-corrected chi connectivity index (χ3v) is 10.8. The number of allylic oxidation sites excluding steroid dienone is 4. The Labute approximate surface area is 220 Å². The van der Waals surface area contributed by atoms with Gasteiger partial charge in [0.2, 0.25) is 0 Å². The van der Waals surface area contributed by atoms with Crippen LogP contribution < -0.4 is 0 Å². The average molecular weight is 493 g/mol. The first-order chi connectivity index (χ1) is 17.5. The molecule has 6 rings (SSSR count). The molecule has 2 aromatic rings. The second-order valence-corrected chi connectivity index (χ2v) is 12.4. The van der Waals surface area contributed by atoms with Gasteiger partial charge in [0, 0.05) is 16.7 Å². The Morgan fingerprint density at radius 3 is 2.39 bits per heavy atom. The van der Waals surface area contributed by atoms with Crippen LogP contribution in [0.25, 0.3) is 11.1 Å². The highest BCUT2D eigenvalue weighted by molar-refractivity contribution is 7.98. The number of benzene rings is 2. The van der Waals surface area contributed by atoms with Crippen LogP contribution in [-0.2, 0) is 4.79 Å². The van der Waals surface area contributed by atoms with E-state index in [1.807, 2.05) is 13.0 Å². The van der Waals surface area contributed by atoms with E-state index in [0.29, 0.717) is 29.1 Å². The molecule has 1 nitrogen and oxygen atoms in total. The summed E-state index contributed by atoms with van der Waals surface area (Å²) in [6.45, 7) is 4.51. The number of fused-ring (bicyclic) bond motifs is 5. The van der Waals surface area contributed by atoms with Gasteiger partial charge >= 0.3 is 0 Å². The van der Waals surface area contributed by atoms with Gasteiger partial charge in [-0.3, -0.25) is 4.79 Å². The van der Waals surface area contributed by atoms with Crippen molar-refractivity contribution in [1.82, 2.24) is 0 Å². The van der Waals surface area contributed by atoms with Crippen LogP contribution in [0.4, 0.5) is 0 Å². The maximum Gasteiger partial charge on any atom is 0.163 e. The minimum Gasteiger partial charge on any atom is -0.294 e. The van der Waals surface area contributed by atoms with Gasteiger partial charge in [-0.2, -0.15) is 0 Å². The van der Waals surface area contributed by atoms with E-state index in [1.165, 1.54) is 52.8 Å². The largest absolute Gasteiger partial charge is 0.294 e. The monoisotopic (exact) mass is 492 g/mol. The predicted octanol–water partition coefficient (Wildman–Crippen LogP) is 8.33. The lowest BCUT2D eigenvalue weighted by molar-refractivity contribution is -0.117. The molecule has 2 aromatic carbocycles. The van der Waals surface area contributed by atoms with Crippen molar-refractivity contribution in [3.05, 3.63) is 77.9 Å². The van der Waals surface area contributed by atoms with Gasteiger partial charge in [-0.05, 0) is 115 Å². The van der Waals surface area contributed by atoms with E-state index in [9.17, 15) is 4.79 Å². The molecule has 4 aliphatic rings. The van der Waals surface area contributed by atoms with Crippen molar-refractivity contribution in [3.63, 3.8) is 0 Å². The van der Waals surface area contributed by atoms with Crippen molar-refractivity contribution in [2.45, 2.75) is 56.8 Å². The fourth-order valence-corrected chi connectivity index (χ4v) is 8.48. The minimum atomic E-state index is -0.0191. The number of ketones is 1. The lowest BCUT2D eigenvalue weighted by Gasteiger charge is -2.52. The summed E-state index contributed by atoms with van der Waals surface area (Å²) in [5, 5.41) is 0. The number of rotatable bonds is 3. The number of hydrogen-bond donors (Lipinski definition) is 0. The van der Waals surface area contributed by atoms with Crippen LogP contribution >= 0.6 is 11.8 Å². The second kappa shape index (κ2) is 9.42. The highest BCUT2D eigenvalue weighted by Gasteiger charge is 2.55. The van der Waals surface area contributed by atoms with Crippen LogP contribution in [-0.4, -0.2) is 12.0 Å². The molecule has 0 aromatic heterocycles. The van der Waals surface area contributed by atoms with Crippen molar-refractivity contribution in [3.8, 4) is 23.0 Å². The summed E-state index contributed by atoms with van der Waals surface area (Å²) in [5.41, 5.74) is 5.25. The van der Waals surface area contributed by atoms with Gasteiger partial charge in [0.15, 0.2) is 5.78 Å². The van der Waals surface area contributed by atoms with E-state index in [4.69, 9.17) is 0 Å². The Morgan fingerprint density at radius 2 is 1.69 bits per heavy atom. The van der Waals surface area contributed by atoms with E-state index >= 15 is 0 Å². The molecule has 36 heavy (non-hydrogen) atoms. The van der Waals surface area contributed by atoms with Crippen LogP contribution in [0.1, 0.15) is 57.4 Å². The van der Waals surface area contributed by atoms with Crippen molar-refractivity contribution in [2.75, 3.05) is 6.26 Å². The first-order valence-electron chi connectivity index (χ1n) is 13.6. The molecule has 2 heteroatoms. The molecule has 0 heterocycles. The Kier molecular flexibility index (Phi) is 6.25. The molecule has 0 amide bonds. The molecule has 0 bridgehead atoms. The summed E-state index contributed by atoms with van der Waals surface area (Å²) in [5.74, 6) is 10.1. The zero-order chi connectivity index (χ0) is 24.9. The Bertz CT molecular complexity index is 1270. The lowest BCUT2D eigenvalue weighted by Crippen LogP contribution is -2.45. The fourth-order valence-electron chi connectivity index (χ4n) is 8.07. The van der Waals surface area contributed by atoms with Crippen molar-refractivity contribution in [1.29, 1.82) is 0 Å².